The van der Waals surface area contributed by atoms with Crippen molar-refractivity contribution in [3.05, 3.63) is 48.3 Å². The van der Waals surface area contributed by atoms with Crippen molar-refractivity contribution in [2.45, 2.75) is 51.0 Å². The maximum absolute atomic E-state index is 13.0. The summed E-state index contributed by atoms with van der Waals surface area (Å²) >= 11 is 0. The molecule has 7 heteroatoms. The van der Waals surface area contributed by atoms with Gasteiger partial charge in [-0.25, -0.2) is 4.98 Å². The molecule has 4 N–H and O–H groups in total. The van der Waals surface area contributed by atoms with Crippen LogP contribution >= 0.6 is 0 Å². The van der Waals surface area contributed by atoms with E-state index in [1.807, 2.05) is 18.2 Å². The van der Waals surface area contributed by atoms with E-state index >= 15 is 0 Å². The minimum atomic E-state index is -0.673. The van der Waals surface area contributed by atoms with Crippen molar-refractivity contribution in [2.75, 3.05) is 0 Å². The van der Waals surface area contributed by atoms with Gasteiger partial charge >= 0.3 is 0 Å². The number of fused-ring (bicyclic) bond motifs is 1. The number of H-pyrrole nitrogens is 1. The van der Waals surface area contributed by atoms with E-state index in [0.717, 1.165) is 17.5 Å². The molecule has 0 spiro atoms. The fraction of sp³-hybridized carbons (Fsp3) is 0.391. The zero-order valence-corrected chi connectivity index (χ0v) is 16.9. The SMILES string of the molecule is NC(=O)[C@@H](CCC1CCCCC1)NC(=O)c1cccc2[nH]c(-c3ccncc3)nc12. The number of benzene rings is 1. The second kappa shape index (κ2) is 9.07. The third-order valence-electron chi connectivity index (χ3n) is 5.95. The zero-order chi connectivity index (χ0) is 20.9. The first-order valence-corrected chi connectivity index (χ1v) is 10.6. The zero-order valence-electron chi connectivity index (χ0n) is 16.9. The molecule has 1 aliphatic rings. The fourth-order valence-corrected chi connectivity index (χ4v) is 4.26. The summed E-state index contributed by atoms with van der Waals surface area (Å²) in [6.45, 7) is 0. The molecular formula is C23H27N5O2. The Balaban J connectivity index is 1.51. The van der Waals surface area contributed by atoms with Crippen molar-refractivity contribution >= 4 is 22.8 Å². The molecule has 3 aromatic rings. The van der Waals surface area contributed by atoms with E-state index in [0.29, 0.717) is 29.2 Å². The largest absolute Gasteiger partial charge is 0.368 e. The van der Waals surface area contributed by atoms with Crippen molar-refractivity contribution in [3.8, 4) is 11.4 Å². The van der Waals surface area contributed by atoms with Crippen molar-refractivity contribution < 1.29 is 9.59 Å². The number of imidazole rings is 1. The Labute approximate surface area is 175 Å². The Kier molecular flexibility index (Phi) is 6.07. The molecule has 7 nitrogen and oxygen atoms in total. The number of primary amides is 1. The normalized spacial score (nSPS) is 15.7. The van der Waals surface area contributed by atoms with Crippen LogP contribution in [0.1, 0.15) is 55.3 Å². The molecule has 2 heterocycles. The highest BCUT2D eigenvalue weighted by molar-refractivity contribution is 6.06. The Morgan fingerprint density at radius 1 is 1.13 bits per heavy atom. The molecule has 1 fully saturated rings. The lowest BCUT2D eigenvalue weighted by Crippen LogP contribution is -2.44. The summed E-state index contributed by atoms with van der Waals surface area (Å²) in [5.74, 6) is 0.457. The quantitative estimate of drug-likeness (QED) is 0.557. The number of rotatable bonds is 7. The number of pyridine rings is 1. The van der Waals surface area contributed by atoms with Gasteiger partial charge in [0.05, 0.1) is 11.1 Å². The predicted octanol–water partition coefficient (Wildman–Crippen LogP) is 3.57. The van der Waals surface area contributed by atoms with Gasteiger partial charge in [-0.3, -0.25) is 14.6 Å². The second-order valence-electron chi connectivity index (χ2n) is 8.03. The first-order chi connectivity index (χ1) is 14.6. The van der Waals surface area contributed by atoms with Gasteiger partial charge in [-0.05, 0) is 43.0 Å². The number of aromatic nitrogens is 3. The summed E-state index contributed by atoms with van der Waals surface area (Å²) in [6.07, 6.45) is 11.1. The van der Waals surface area contributed by atoms with Gasteiger partial charge in [-0.1, -0.05) is 38.2 Å². The molecule has 4 rings (SSSR count). The molecule has 1 aliphatic carbocycles. The van der Waals surface area contributed by atoms with Gasteiger partial charge in [-0.15, -0.1) is 0 Å². The van der Waals surface area contributed by atoms with Gasteiger partial charge in [0.25, 0.3) is 5.91 Å². The topological polar surface area (TPSA) is 114 Å². The van der Waals surface area contributed by atoms with Crippen molar-refractivity contribution in [1.29, 1.82) is 0 Å². The highest BCUT2D eigenvalue weighted by Gasteiger charge is 2.23. The molecule has 1 aromatic carbocycles. The molecule has 1 saturated carbocycles. The first kappa shape index (κ1) is 20.1. The van der Waals surface area contributed by atoms with Gasteiger partial charge in [0.1, 0.15) is 17.4 Å². The lowest BCUT2D eigenvalue weighted by molar-refractivity contribution is -0.120. The van der Waals surface area contributed by atoms with Crippen LogP contribution in [0.15, 0.2) is 42.7 Å². The summed E-state index contributed by atoms with van der Waals surface area (Å²) < 4.78 is 0. The minimum absolute atomic E-state index is 0.333. The number of carbonyl (C=O) groups excluding carboxylic acids is 2. The van der Waals surface area contributed by atoms with E-state index in [4.69, 9.17) is 5.73 Å². The average Bonchev–Trinajstić information content (AvgIpc) is 3.22. The molecule has 0 radical (unpaired) electrons. The number of carbonyl (C=O) groups is 2. The number of para-hydroxylation sites is 1. The summed E-state index contributed by atoms with van der Waals surface area (Å²) in [5.41, 5.74) is 8.22. The third-order valence-corrected chi connectivity index (χ3v) is 5.95. The lowest BCUT2D eigenvalue weighted by Gasteiger charge is -2.23. The highest BCUT2D eigenvalue weighted by atomic mass is 16.2. The minimum Gasteiger partial charge on any atom is -0.368 e. The van der Waals surface area contributed by atoms with Crippen molar-refractivity contribution in [3.63, 3.8) is 0 Å². The molecule has 0 unspecified atom stereocenters. The first-order valence-electron chi connectivity index (χ1n) is 10.6. The molecule has 30 heavy (non-hydrogen) atoms. The molecule has 156 valence electrons. The maximum Gasteiger partial charge on any atom is 0.254 e. The van der Waals surface area contributed by atoms with Gasteiger partial charge in [0.2, 0.25) is 5.91 Å². The summed E-state index contributed by atoms with van der Waals surface area (Å²) in [4.78, 5) is 36.8. The second-order valence-corrected chi connectivity index (χ2v) is 8.03. The molecule has 1 atom stereocenters. The fourth-order valence-electron chi connectivity index (χ4n) is 4.26. The molecular weight excluding hydrogens is 378 g/mol. The highest BCUT2D eigenvalue weighted by Crippen LogP contribution is 2.28. The summed E-state index contributed by atoms with van der Waals surface area (Å²) in [7, 11) is 0. The molecule has 2 aromatic heterocycles. The van der Waals surface area contributed by atoms with Crippen LogP contribution in [0.5, 0.6) is 0 Å². The third kappa shape index (κ3) is 4.50. The van der Waals surface area contributed by atoms with Crippen LogP contribution in [-0.2, 0) is 4.79 Å². The van der Waals surface area contributed by atoms with E-state index in [9.17, 15) is 9.59 Å². The van der Waals surface area contributed by atoms with Gasteiger partial charge in [-0.2, -0.15) is 0 Å². The molecule has 0 aliphatic heterocycles. The van der Waals surface area contributed by atoms with Crippen LogP contribution in [-0.4, -0.2) is 32.8 Å². The van der Waals surface area contributed by atoms with E-state index in [1.165, 1.54) is 32.1 Å². The Morgan fingerprint density at radius 3 is 2.63 bits per heavy atom. The number of hydrogen-bond donors (Lipinski definition) is 3. The van der Waals surface area contributed by atoms with Crippen molar-refractivity contribution in [2.24, 2.45) is 11.7 Å². The lowest BCUT2D eigenvalue weighted by atomic mass is 9.85. The van der Waals surface area contributed by atoms with Crippen LogP contribution < -0.4 is 11.1 Å². The average molecular weight is 406 g/mol. The molecule has 2 amide bonds. The van der Waals surface area contributed by atoms with Crippen molar-refractivity contribution in [1.82, 2.24) is 20.3 Å². The van der Waals surface area contributed by atoms with Gasteiger partial charge in [0.15, 0.2) is 0 Å². The Morgan fingerprint density at radius 2 is 1.90 bits per heavy atom. The van der Waals surface area contributed by atoms with Crippen LogP contribution in [0.25, 0.3) is 22.4 Å². The predicted molar refractivity (Wildman–Crippen MR) is 116 cm³/mol. The Hall–Kier alpha value is -3.22. The van der Waals surface area contributed by atoms with Crippen LogP contribution in [0.2, 0.25) is 0 Å². The van der Waals surface area contributed by atoms with E-state index in [-0.39, 0.29) is 5.91 Å². The standard InChI is InChI=1S/C23H27N5O2/c24-21(29)19(10-9-15-5-2-1-3-6-15)27-23(30)17-7-4-8-18-20(17)28-22(26-18)16-11-13-25-14-12-16/h4,7-8,11-15,19H,1-3,5-6,9-10H2,(H2,24,29)(H,26,28)(H,27,30)/t19-/m1/s1. The van der Waals surface area contributed by atoms with Gasteiger partial charge in [0, 0.05) is 18.0 Å². The van der Waals surface area contributed by atoms with Crippen LogP contribution in [0.3, 0.4) is 0 Å². The van der Waals surface area contributed by atoms with Gasteiger partial charge < -0.3 is 16.0 Å². The van der Waals surface area contributed by atoms with Crippen LogP contribution in [0.4, 0.5) is 0 Å². The van der Waals surface area contributed by atoms with E-state index in [1.54, 1.807) is 24.5 Å². The number of hydrogen-bond acceptors (Lipinski definition) is 4. The summed E-state index contributed by atoms with van der Waals surface area (Å²) in [6, 6.07) is 8.42. The summed E-state index contributed by atoms with van der Waals surface area (Å²) in [5, 5.41) is 2.84. The number of nitrogens with two attached hydrogens (primary N) is 1. The van der Waals surface area contributed by atoms with Crippen LogP contribution in [0, 0.1) is 5.92 Å². The number of nitrogens with one attached hydrogen (secondary N) is 2. The Bertz CT molecular complexity index is 1020. The monoisotopic (exact) mass is 405 g/mol. The van der Waals surface area contributed by atoms with E-state index < -0.39 is 11.9 Å². The number of nitrogens with zero attached hydrogens (tertiary/aromatic N) is 2. The smallest absolute Gasteiger partial charge is 0.254 e. The molecule has 0 bridgehead atoms. The number of amides is 2. The maximum atomic E-state index is 13.0. The van der Waals surface area contributed by atoms with E-state index in [2.05, 4.69) is 20.3 Å². The molecule has 0 saturated heterocycles. The number of aromatic amines is 1.